The molecule has 1 aromatic rings. The minimum atomic E-state index is -0.882. The number of oxazole rings is 1. The van der Waals surface area contributed by atoms with Gasteiger partial charge in [-0.1, -0.05) is 6.92 Å². The number of hydrogen-bond donors (Lipinski definition) is 3. The number of nitrogens with one attached hydrogen (secondary N) is 2. The molecule has 1 heterocycles. The van der Waals surface area contributed by atoms with Gasteiger partial charge >= 0.3 is 12.0 Å². The van der Waals surface area contributed by atoms with E-state index < -0.39 is 11.5 Å². The second-order valence-corrected chi connectivity index (χ2v) is 5.16. The zero-order chi connectivity index (χ0) is 15.2. The molecule has 0 aliphatic heterocycles. The van der Waals surface area contributed by atoms with Crippen LogP contribution >= 0.6 is 0 Å². The van der Waals surface area contributed by atoms with Crippen molar-refractivity contribution in [3.8, 4) is 0 Å². The van der Waals surface area contributed by atoms with Crippen LogP contribution in [0.15, 0.2) is 10.6 Å². The number of amides is 2. The van der Waals surface area contributed by atoms with Crippen LogP contribution in [0.5, 0.6) is 0 Å². The van der Waals surface area contributed by atoms with E-state index in [2.05, 4.69) is 15.6 Å². The van der Waals surface area contributed by atoms with Crippen molar-refractivity contribution in [2.45, 2.75) is 52.1 Å². The molecule has 0 bridgehead atoms. The van der Waals surface area contributed by atoms with Gasteiger partial charge in [0.05, 0.1) is 12.7 Å². The Kier molecular flexibility index (Phi) is 5.54. The van der Waals surface area contributed by atoms with E-state index in [9.17, 15) is 9.59 Å². The van der Waals surface area contributed by atoms with E-state index in [1.54, 1.807) is 20.0 Å². The third-order valence-electron chi connectivity index (χ3n) is 2.77. The molecule has 7 heteroatoms. The lowest BCUT2D eigenvalue weighted by molar-refractivity contribution is -0.137. The first-order chi connectivity index (χ1) is 9.32. The monoisotopic (exact) mass is 283 g/mol. The van der Waals surface area contributed by atoms with Gasteiger partial charge in [0.1, 0.15) is 5.76 Å². The maximum absolute atomic E-state index is 11.7. The Morgan fingerprint density at radius 2 is 2.15 bits per heavy atom. The minimum Gasteiger partial charge on any atom is -0.481 e. The predicted octanol–water partition coefficient (Wildman–Crippen LogP) is 1.68. The molecule has 0 radical (unpaired) electrons. The van der Waals surface area contributed by atoms with E-state index in [1.165, 1.54) is 0 Å². The summed E-state index contributed by atoms with van der Waals surface area (Å²) >= 11 is 0. The lowest BCUT2D eigenvalue weighted by atomic mass is 9.99. The Hall–Kier alpha value is -2.05. The lowest BCUT2D eigenvalue weighted by Gasteiger charge is -2.25. The third kappa shape index (κ3) is 5.73. The molecule has 0 aromatic carbocycles. The van der Waals surface area contributed by atoms with Crippen LogP contribution < -0.4 is 10.6 Å². The van der Waals surface area contributed by atoms with Gasteiger partial charge in [-0.15, -0.1) is 0 Å². The van der Waals surface area contributed by atoms with Gasteiger partial charge in [0, 0.05) is 18.4 Å². The smallest absolute Gasteiger partial charge is 0.315 e. The van der Waals surface area contributed by atoms with Crippen molar-refractivity contribution in [1.29, 1.82) is 0 Å². The molecule has 1 aromatic heterocycles. The Labute approximate surface area is 117 Å². The zero-order valence-corrected chi connectivity index (χ0v) is 12.0. The fourth-order valence-electron chi connectivity index (χ4n) is 1.58. The van der Waals surface area contributed by atoms with E-state index in [0.717, 1.165) is 12.2 Å². The highest BCUT2D eigenvalue weighted by Gasteiger charge is 2.21. The van der Waals surface area contributed by atoms with Gasteiger partial charge in [-0.2, -0.15) is 0 Å². The second-order valence-electron chi connectivity index (χ2n) is 5.16. The first kappa shape index (κ1) is 16.0. The Bertz CT molecular complexity index is 468. The topological polar surface area (TPSA) is 104 Å². The summed E-state index contributed by atoms with van der Waals surface area (Å²) in [5.41, 5.74) is -0.590. The lowest BCUT2D eigenvalue weighted by Crippen LogP contribution is -2.48. The van der Waals surface area contributed by atoms with E-state index in [-0.39, 0.29) is 19.0 Å². The SMILES string of the molecule is CCc1cnc(CNC(=O)NC(C)(C)CCC(=O)O)o1. The molecule has 0 fully saturated rings. The molecule has 0 unspecified atom stereocenters. The van der Waals surface area contributed by atoms with Crippen LogP contribution in [0.25, 0.3) is 0 Å². The molecule has 2 amide bonds. The summed E-state index contributed by atoms with van der Waals surface area (Å²) in [6.45, 7) is 5.70. The average molecular weight is 283 g/mol. The summed E-state index contributed by atoms with van der Waals surface area (Å²) < 4.78 is 5.36. The fourth-order valence-corrected chi connectivity index (χ4v) is 1.58. The highest BCUT2D eigenvalue weighted by molar-refractivity contribution is 5.74. The standard InChI is InChI=1S/C13H21N3O4/c1-4-9-7-14-10(20-9)8-15-12(19)16-13(2,3)6-5-11(17)18/h7H,4-6,8H2,1-3H3,(H,17,18)(H2,15,16,19). The van der Waals surface area contributed by atoms with Crippen molar-refractivity contribution >= 4 is 12.0 Å². The van der Waals surface area contributed by atoms with Crippen molar-refractivity contribution in [3.63, 3.8) is 0 Å². The summed E-state index contributed by atoms with van der Waals surface area (Å²) in [6, 6.07) is -0.378. The molecular weight excluding hydrogens is 262 g/mol. The number of urea groups is 1. The number of carboxylic acids is 1. The van der Waals surface area contributed by atoms with Crippen molar-refractivity contribution in [1.82, 2.24) is 15.6 Å². The zero-order valence-electron chi connectivity index (χ0n) is 12.0. The Balaban J connectivity index is 2.37. The number of aromatic nitrogens is 1. The number of rotatable bonds is 7. The van der Waals surface area contributed by atoms with Gasteiger partial charge in [0.15, 0.2) is 0 Å². The number of carboxylic acid groups (broad SMARTS) is 1. The van der Waals surface area contributed by atoms with Gasteiger partial charge in [-0.25, -0.2) is 9.78 Å². The van der Waals surface area contributed by atoms with E-state index in [0.29, 0.717) is 12.3 Å². The molecule has 0 saturated carbocycles. The molecule has 3 N–H and O–H groups in total. The molecule has 0 atom stereocenters. The van der Waals surface area contributed by atoms with Crippen molar-refractivity contribution in [2.75, 3.05) is 0 Å². The third-order valence-corrected chi connectivity index (χ3v) is 2.77. The maximum Gasteiger partial charge on any atom is 0.315 e. The van der Waals surface area contributed by atoms with Gasteiger partial charge in [-0.3, -0.25) is 4.79 Å². The van der Waals surface area contributed by atoms with E-state index >= 15 is 0 Å². The Morgan fingerprint density at radius 1 is 1.45 bits per heavy atom. The van der Waals surface area contributed by atoms with Gasteiger partial charge in [0.2, 0.25) is 5.89 Å². The first-order valence-electron chi connectivity index (χ1n) is 6.54. The molecule has 0 saturated heterocycles. The van der Waals surface area contributed by atoms with Crippen LogP contribution in [-0.2, 0) is 17.8 Å². The van der Waals surface area contributed by atoms with Gasteiger partial charge in [-0.05, 0) is 20.3 Å². The highest BCUT2D eigenvalue weighted by atomic mass is 16.4. The summed E-state index contributed by atoms with van der Waals surface area (Å²) in [5, 5.41) is 14.0. The first-order valence-corrected chi connectivity index (χ1v) is 6.54. The summed E-state index contributed by atoms with van der Waals surface area (Å²) in [7, 11) is 0. The number of aliphatic carboxylic acids is 1. The van der Waals surface area contributed by atoms with Crippen LogP contribution in [0, 0.1) is 0 Å². The molecule has 0 aliphatic rings. The van der Waals surface area contributed by atoms with Gasteiger partial charge < -0.3 is 20.2 Å². The number of hydrogen-bond acceptors (Lipinski definition) is 4. The van der Waals surface area contributed by atoms with Crippen molar-refractivity contribution in [2.24, 2.45) is 0 Å². The Morgan fingerprint density at radius 3 is 2.70 bits per heavy atom. The fraction of sp³-hybridized carbons (Fsp3) is 0.615. The number of carbonyl (C=O) groups is 2. The molecule has 112 valence electrons. The van der Waals surface area contributed by atoms with E-state index in [4.69, 9.17) is 9.52 Å². The quantitative estimate of drug-likeness (QED) is 0.706. The number of aryl methyl sites for hydroxylation is 1. The summed E-state index contributed by atoms with van der Waals surface area (Å²) in [6.07, 6.45) is 2.74. The van der Waals surface area contributed by atoms with Crippen LogP contribution in [0.2, 0.25) is 0 Å². The molecule has 7 nitrogen and oxygen atoms in total. The molecule has 0 spiro atoms. The molecule has 20 heavy (non-hydrogen) atoms. The largest absolute Gasteiger partial charge is 0.481 e. The second kappa shape index (κ2) is 6.93. The van der Waals surface area contributed by atoms with Crippen molar-refractivity contribution < 1.29 is 19.1 Å². The summed E-state index contributed by atoms with van der Waals surface area (Å²) in [5.74, 6) is 0.330. The van der Waals surface area contributed by atoms with Crippen LogP contribution in [0.3, 0.4) is 0 Å². The maximum atomic E-state index is 11.7. The van der Waals surface area contributed by atoms with Crippen molar-refractivity contribution in [3.05, 3.63) is 17.8 Å². The minimum absolute atomic E-state index is 0.00682. The van der Waals surface area contributed by atoms with Crippen LogP contribution in [0.4, 0.5) is 4.79 Å². The predicted molar refractivity (Wildman–Crippen MR) is 72.2 cm³/mol. The highest BCUT2D eigenvalue weighted by Crippen LogP contribution is 2.11. The normalized spacial score (nSPS) is 11.2. The number of nitrogens with zero attached hydrogens (tertiary/aromatic N) is 1. The molecule has 0 aliphatic carbocycles. The molecule has 1 rings (SSSR count). The number of carbonyl (C=O) groups excluding carboxylic acids is 1. The van der Waals surface area contributed by atoms with Crippen LogP contribution in [-0.4, -0.2) is 27.6 Å². The molecular formula is C13H21N3O4. The average Bonchev–Trinajstić information content (AvgIpc) is 2.81. The van der Waals surface area contributed by atoms with Crippen LogP contribution in [0.1, 0.15) is 45.3 Å². The van der Waals surface area contributed by atoms with E-state index in [1.807, 2.05) is 6.92 Å². The summed E-state index contributed by atoms with van der Waals surface area (Å²) in [4.78, 5) is 26.3. The van der Waals surface area contributed by atoms with Gasteiger partial charge in [0.25, 0.3) is 0 Å².